The summed E-state index contributed by atoms with van der Waals surface area (Å²) in [6, 6.07) is 33.0. The van der Waals surface area contributed by atoms with Gasteiger partial charge < -0.3 is 8.98 Å². The number of aromatic nitrogens is 3. The van der Waals surface area contributed by atoms with Crippen molar-refractivity contribution in [3.63, 3.8) is 0 Å². The quantitative estimate of drug-likeness (QED) is 0.272. The molecule has 0 aliphatic rings. The van der Waals surface area contributed by atoms with Gasteiger partial charge in [-0.2, -0.15) is 4.98 Å². The van der Waals surface area contributed by atoms with Crippen LogP contribution in [0.25, 0.3) is 61.0 Å². The second-order valence-electron chi connectivity index (χ2n) is 8.04. The molecule has 0 amide bonds. The third-order valence-electron chi connectivity index (χ3n) is 6.13. The van der Waals surface area contributed by atoms with E-state index in [1.807, 2.05) is 30.3 Å². The molecular formula is C28H16ClN3O. The van der Waals surface area contributed by atoms with Gasteiger partial charge in [-0.15, -0.1) is 0 Å². The van der Waals surface area contributed by atoms with Gasteiger partial charge in [0.15, 0.2) is 5.15 Å². The first-order valence-electron chi connectivity index (χ1n) is 10.7. The smallest absolute Gasteiger partial charge is 0.247 e. The van der Waals surface area contributed by atoms with Gasteiger partial charge in [0.2, 0.25) is 5.71 Å². The van der Waals surface area contributed by atoms with Crippen LogP contribution in [0.1, 0.15) is 0 Å². The van der Waals surface area contributed by atoms with E-state index in [0.717, 1.165) is 44.2 Å². The number of para-hydroxylation sites is 3. The molecule has 156 valence electrons. The summed E-state index contributed by atoms with van der Waals surface area (Å²) in [6.07, 6.45) is 0. The Bertz CT molecular complexity index is 1830. The number of hydrogen-bond acceptors (Lipinski definition) is 3. The van der Waals surface area contributed by atoms with Crippen molar-refractivity contribution < 1.29 is 4.42 Å². The minimum Gasteiger partial charge on any atom is -0.436 e. The summed E-state index contributed by atoms with van der Waals surface area (Å²) in [5.74, 6) is 0. The zero-order chi connectivity index (χ0) is 21.9. The van der Waals surface area contributed by atoms with Crippen molar-refractivity contribution in [1.29, 1.82) is 0 Å². The monoisotopic (exact) mass is 445 g/mol. The molecule has 0 saturated heterocycles. The molecule has 0 aliphatic carbocycles. The second-order valence-corrected chi connectivity index (χ2v) is 8.39. The van der Waals surface area contributed by atoms with E-state index in [1.54, 1.807) is 0 Å². The highest BCUT2D eigenvalue weighted by Crippen LogP contribution is 2.37. The molecule has 0 N–H and O–H groups in total. The van der Waals surface area contributed by atoms with E-state index in [1.165, 1.54) is 5.39 Å². The predicted octanol–water partition coefficient (Wildman–Crippen LogP) is 7.79. The SMILES string of the molecule is Clc1nc2oc3ccccc3c2nc1-c1ccc2c(c1)c1ccccc1n2-c1ccccc1. The Balaban J connectivity index is 1.51. The molecule has 7 aromatic rings. The van der Waals surface area contributed by atoms with Gasteiger partial charge in [-0.05, 0) is 42.5 Å². The molecule has 7 rings (SSSR count). The van der Waals surface area contributed by atoms with Crippen molar-refractivity contribution in [2.75, 3.05) is 0 Å². The summed E-state index contributed by atoms with van der Waals surface area (Å²) in [6.45, 7) is 0. The maximum absolute atomic E-state index is 6.60. The lowest BCUT2D eigenvalue weighted by molar-refractivity contribution is 0.653. The molecule has 5 heteroatoms. The van der Waals surface area contributed by atoms with Crippen LogP contribution in [0.2, 0.25) is 5.15 Å². The van der Waals surface area contributed by atoms with E-state index in [4.69, 9.17) is 21.0 Å². The molecule has 4 nitrogen and oxygen atoms in total. The van der Waals surface area contributed by atoms with Crippen molar-refractivity contribution in [2.24, 2.45) is 0 Å². The van der Waals surface area contributed by atoms with E-state index in [-0.39, 0.29) is 0 Å². The Morgan fingerprint density at radius 3 is 2.27 bits per heavy atom. The Hall–Kier alpha value is -4.15. The number of nitrogens with zero attached hydrogens (tertiary/aromatic N) is 3. The van der Waals surface area contributed by atoms with E-state index >= 15 is 0 Å². The van der Waals surface area contributed by atoms with Gasteiger partial charge in [-0.1, -0.05) is 66.2 Å². The lowest BCUT2D eigenvalue weighted by Gasteiger charge is -2.08. The van der Waals surface area contributed by atoms with E-state index < -0.39 is 0 Å². The van der Waals surface area contributed by atoms with E-state index in [9.17, 15) is 0 Å². The average molecular weight is 446 g/mol. The van der Waals surface area contributed by atoms with Crippen LogP contribution < -0.4 is 0 Å². The van der Waals surface area contributed by atoms with Crippen LogP contribution in [-0.2, 0) is 0 Å². The van der Waals surface area contributed by atoms with Crippen LogP contribution in [-0.4, -0.2) is 14.5 Å². The molecule has 0 aliphatic heterocycles. The molecule has 0 radical (unpaired) electrons. The summed E-state index contributed by atoms with van der Waals surface area (Å²) in [7, 11) is 0. The summed E-state index contributed by atoms with van der Waals surface area (Å²) < 4.78 is 8.13. The van der Waals surface area contributed by atoms with Crippen molar-refractivity contribution in [3.8, 4) is 16.9 Å². The number of benzene rings is 4. The van der Waals surface area contributed by atoms with Crippen LogP contribution in [0.3, 0.4) is 0 Å². The molecule has 0 fully saturated rings. The van der Waals surface area contributed by atoms with Crippen molar-refractivity contribution >= 4 is 55.6 Å². The predicted molar refractivity (Wildman–Crippen MR) is 134 cm³/mol. The maximum Gasteiger partial charge on any atom is 0.247 e. The Morgan fingerprint density at radius 2 is 1.39 bits per heavy atom. The lowest BCUT2D eigenvalue weighted by Crippen LogP contribution is -1.93. The number of halogens is 1. The first kappa shape index (κ1) is 18.4. The van der Waals surface area contributed by atoms with E-state index in [2.05, 4.69) is 76.3 Å². The Labute approximate surface area is 193 Å². The molecular weight excluding hydrogens is 430 g/mol. The van der Waals surface area contributed by atoms with Gasteiger partial charge in [0.1, 0.15) is 16.8 Å². The summed E-state index contributed by atoms with van der Waals surface area (Å²) >= 11 is 6.60. The maximum atomic E-state index is 6.60. The average Bonchev–Trinajstić information content (AvgIpc) is 3.38. The molecule has 33 heavy (non-hydrogen) atoms. The third kappa shape index (κ3) is 2.71. The summed E-state index contributed by atoms with van der Waals surface area (Å²) in [4.78, 5) is 9.41. The zero-order valence-electron chi connectivity index (χ0n) is 17.4. The fourth-order valence-corrected chi connectivity index (χ4v) is 4.89. The highest BCUT2D eigenvalue weighted by molar-refractivity contribution is 6.32. The van der Waals surface area contributed by atoms with Crippen LogP contribution in [0, 0.1) is 0 Å². The molecule has 0 unspecified atom stereocenters. The lowest BCUT2D eigenvalue weighted by atomic mass is 10.1. The molecule has 0 spiro atoms. The van der Waals surface area contributed by atoms with Crippen LogP contribution >= 0.6 is 11.6 Å². The second kappa shape index (κ2) is 6.92. The number of hydrogen-bond donors (Lipinski definition) is 0. The molecule has 3 heterocycles. The first-order chi connectivity index (χ1) is 16.3. The fourth-order valence-electron chi connectivity index (χ4n) is 4.66. The minimum absolute atomic E-state index is 0.327. The first-order valence-corrected chi connectivity index (χ1v) is 11.1. The topological polar surface area (TPSA) is 43.9 Å². The zero-order valence-corrected chi connectivity index (χ0v) is 18.1. The van der Waals surface area contributed by atoms with Crippen molar-refractivity contribution in [3.05, 3.63) is 102 Å². The van der Waals surface area contributed by atoms with Crippen molar-refractivity contribution in [1.82, 2.24) is 14.5 Å². The summed E-state index contributed by atoms with van der Waals surface area (Å²) in [5.41, 5.74) is 6.90. The van der Waals surface area contributed by atoms with Gasteiger partial charge in [-0.3, -0.25) is 0 Å². The standard InChI is InChI=1S/C28H16ClN3O/c29-27-25(30-26-20-11-5-7-13-24(20)33-28(26)31-27)17-14-15-23-21(16-17)19-10-4-6-12-22(19)32(23)18-8-2-1-3-9-18/h1-16H. The van der Waals surface area contributed by atoms with Gasteiger partial charge >= 0.3 is 0 Å². The molecule has 3 aromatic heterocycles. The molecule has 0 bridgehead atoms. The van der Waals surface area contributed by atoms with Crippen LogP contribution in [0.15, 0.2) is 101 Å². The van der Waals surface area contributed by atoms with Gasteiger partial charge in [0, 0.05) is 27.4 Å². The van der Waals surface area contributed by atoms with Gasteiger partial charge in [0.05, 0.1) is 11.0 Å². The highest BCUT2D eigenvalue weighted by atomic mass is 35.5. The normalized spacial score (nSPS) is 11.8. The minimum atomic E-state index is 0.327. The third-order valence-corrected chi connectivity index (χ3v) is 6.39. The number of rotatable bonds is 2. The molecule has 0 saturated carbocycles. The largest absolute Gasteiger partial charge is 0.436 e. The molecule has 4 aromatic carbocycles. The van der Waals surface area contributed by atoms with E-state index in [0.29, 0.717) is 16.6 Å². The van der Waals surface area contributed by atoms with Gasteiger partial charge in [0.25, 0.3) is 0 Å². The fraction of sp³-hybridized carbons (Fsp3) is 0. The Kier molecular flexibility index (Phi) is 3.87. The number of fused-ring (bicyclic) bond motifs is 6. The van der Waals surface area contributed by atoms with Crippen LogP contribution in [0.4, 0.5) is 0 Å². The number of furan rings is 1. The van der Waals surface area contributed by atoms with Gasteiger partial charge in [-0.25, -0.2) is 4.98 Å². The van der Waals surface area contributed by atoms with Crippen LogP contribution in [0.5, 0.6) is 0 Å². The highest BCUT2D eigenvalue weighted by Gasteiger charge is 2.17. The molecule has 0 atom stereocenters. The summed E-state index contributed by atoms with van der Waals surface area (Å²) in [5, 5.41) is 3.58. The Morgan fingerprint density at radius 1 is 0.667 bits per heavy atom. The van der Waals surface area contributed by atoms with Crippen molar-refractivity contribution in [2.45, 2.75) is 0 Å².